The van der Waals surface area contributed by atoms with Gasteiger partial charge in [0.05, 0.1) is 11.1 Å². The average Bonchev–Trinajstić information content (AvgIpc) is 2.24. The summed E-state index contributed by atoms with van der Waals surface area (Å²) in [5.41, 5.74) is -0.745. The van der Waals surface area contributed by atoms with Crippen LogP contribution in [0.3, 0.4) is 0 Å². The van der Waals surface area contributed by atoms with Crippen LogP contribution in [0.4, 0.5) is 13.2 Å². The lowest BCUT2D eigenvalue weighted by Crippen LogP contribution is -2.41. The number of benzene rings is 1. The predicted octanol–water partition coefficient (Wildman–Crippen LogP) is 4.09. The first kappa shape index (κ1) is 14.4. The van der Waals surface area contributed by atoms with Gasteiger partial charge in [-0.3, -0.25) is 4.79 Å². The van der Waals surface area contributed by atoms with Crippen molar-refractivity contribution >= 4 is 21.8 Å². The van der Waals surface area contributed by atoms with Crippen LogP contribution < -0.4 is 0 Å². The number of alkyl halides is 3. The smallest absolute Gasteiger partial charge is 0.339 e. The first-order valence-electron chi connectivity index (χ1n) is 5.94. The van der Waals surface area contributed by atoms with Gasteiger partial charge in [-0.05, 0) is 53.4 Å². The SMILES string of the molecule is CN(C(=O)c1cc(C(F)(F)F)ccc1Br)C1CCC1. The molecule has 1 aliphatic carbocycles. The second-order valence-corrected chi connectivity index (χ2v) is 5.55. The Morgan fingerprint density at radius 1 is 1.37 bits per heavy atom. The lowest BCUT2D eigenvalue weighted by atomic mass is 9.91. The maximum absolute atomic E-state index is 12.7. The Morgan fingerprint density at radius 2 is 2.00 bits per heavy atom. The summed E-state index contributed by atoms with van der Waals surface area (Å²) >= 11 is 3.14. The second kappa shape index (κ2) is 5.15. The Labute approximate surface area is 117 Å². The summed E-state index contributed by atoms with van der Waals surface area (Å²) in [4.78, 5) is 13.7. The molecule has 0 spiro atoms. The summed E-state index contributed by atoms with van der Waals surface area (Å²) in [5, 5.41) is 0. The van der Waals surface area contributed by atoms with Gasteiger partial charge in [-0.25, -0.2) is 0 Å². The van der Waals surface area contributed by atoms with Crippen LogP contribution in [-0.2, 0) is 6.18 Å². The molecule has 1 aromatic rings. The number of hydrogen-bond donors (Lipinski definition) is 0. The van der Waals surface area contributed by atoms with Crippen molar-refractivity contribution in [2.24, 2.45) is 0 Å². The third-order valence-electron chi connectivity index (χ3n) is 3.47. The van der Waals surface area contributed by atoms with E-state index in [4.69, 9.17) is 0 Å². The van der Waals surface area contributed by atoms with Crippen LogP contribution in [0, 0.1) is 0 Å². The van der Waals surface area contributed by atoms with E-state index in [1.54, 1.807) is 7.05 Å². The molecule has 1 amide bonds. The fraction of sp³-hybridized carbons (Fsp3) is 0.462. The van der Waals surface area contributed by atoms with Gasteiger partial charge in [-0.15, -0.1) is 0 Å². The van der Waals surface area contributed by atoms with Crippen molar-refractivity contribution in [3.63, 3.8) is 0 Å². The van der Waals surface area contributed by atoms with Gasteiger partial charge in [0.15, 0.2) is 0 Å². The van der Waals surface area contributed by atoms with Crippen molar-refractivity contribution in [3.8, 4) is 0 Å². The molecule has 1 aliphatic rings. The van der Waals surface area contributed by atoms with Crippen molar-refractivity contribution in [1.82, 2.24) is 4.90 Å². The maximum atomic E-state index is 12.7. The highest BCUT2D eigenvalue weighted by atomic mass is 79.9. The number of nitrogens with zero attached hydrogens (tertiary/aromatic N) is 1. The molecule has 0 aliphatic heterocycles. The van der Waals surface area contributed by atoms with Crippen molar-refractivity contribution in [1.29, 1.82) is 0 Å². The van der Waals surface area contributed by atoms with E-state index in [0.717, 1.165) is 31.4 Å². The summed E-state index contributed by atoms with van der Waals surface area (Å²) in [7, 11) is 1.64. The number of carbonyl (C=O) groups is 1. The molecular weight excluding hydrogens is 323 g/mol. The van der Waals surface area contributed by atoms with Crippen LogP contribution in [0.15, 0.2) is 22.7 Å². The van der Waals surface area contributed by atoms with Gasteiger partial charge >= 0.3 is 6.18 Å². The van der Waals surface area contributed by atoms with Crippen LogP contribution in [0.5, 0.6) is 0 Å². The van der Waals surface area contributed by atoms with Gasteiger partial charge < -0.3 is 4.90 Å². The summed E-state index contributed by atoms with van der Waals surface area (Å²) in [6.45, 7) is 0. The number of halogens is 4. The first-order valence-corrected chi connectivity index (χ1v) is 6.74. The highest BCUT2D eigenvalue weighted by Gasteiger charge is 2.33. The highest BCUT2D eigenvalue weighted by Crippen LogP contribution is 2.33. The zero-order valence-corrected chi connectivity index (χ0v) is 11.9. The molecule has 0 atom stereocenters. The molecule has 2 rings (SSSR count). The van der Waals surface area contributed by atoms with E-state index in [9.17, 15) is 18.0 Å². The topological polar surface area (TPSA) is 20.3 Å². The van der Waals surface area contributed by atoms with E-state index < -0.39 is 11.7 Å². The first-order chi connectivity index (χ1) is 8.80. The minimum atomic E-state index is -4.44. The fourth-order valence-corrected chi connectivity index (χ4v) is 2.41. The van der Waals surface area contributed by atoms with Crippen LogP contribution in [0.2, 0.25) is 0 Å². The summed E-state index contributed by atoms with van der Waals surface area (Å²) in [6, 6.07) is 3.28. The molecule has 19 heavy (non-hydrogen) atoms. The van der Waals surface area contributed by atoms with Crippen molar-refractivity contribution in [2.45, 2.75) is 31.5 Å². The molecule has 0 unspecified atom stereocenters. The largest absolute Gasteiger partial charge is 0.416 e. The molecule has 0 saturated heterocycles. The highest BCUT2D eigenvalue weighted by molar-refractivity contribution is 9.10. The monoisotopic (exact) mass is 335 g/mol. The van der Waals surface area contributed by atoms with E-state index in [-0.39, 0.29) is 17.5 Å². The van der Waals surface area contributed by atoms with Gasteiger partial charge in [0.1, 0.15) is 0 Å². The minimum absolute atomic E-state index is 0.0595. The van der Waals surface area contributed by atoms with Gasteiger partial charge in [0, 0.05) is 17.6 Å². The third-order valence-corrected chi connectivity index (χ3v) is 4.16. The molecular formula is C13H13BrF3NO. The molecule has 6 heteroatoms. The molecule has 0 bridgehead atoms. The molecule has 1 saturated carbocycles. The lowest BCUT2D eigenvalue weighted by molar-refractivity contribution is -0.137. The Balaban J connectivity index is 2.30. The Hall–Kier alpha value is -1.04. The van der Waals surface area contributed by atoms with E-state index in [0.29, 0.717) is 4.47 Å². The molecule has 2 nitrogen and oxygen atoms in total. The van der Waals surface area contributed by atoms with E-state index in [1.807, 2.05) is 0 Å². The van der Waals surface area contributed by atoms with E-state index in [2.05, 4.69) is 15.9 Å². The van der Waals surface area contributed by atoms with E-state index >= 15 is 0 Å². The zero-order valence-electron chi connectivity index (χ0n) is 10.3. The normalized spacial score (nSPS) is 16.1. The van der Waals surface area contributed by atoms with Crippen LogP contribution in [0.1, 0.15) is 35.2 Å². The fourth-order valence-electron chi connectivity index (χ4n) is 2.00. The Kier molecular flexibility index (Phi) is 3.90. The molecule has 1 aromatic carbocycles. The predicted molar refractivity (Wildman–Crippen MR) is 68.9 cm³/mol. The van der Waals surface area contributed by atoms with Crippen LogP contribution in [0.25, 0.3) is 0 Å². The molecule has 0 heterocycles. The number of amides is 1. The minimum Gasteiger partial charge on any atom is -0.339 e. The standard InChI is InChI=1S/C13H13BrF3NO/c1-18(9-3-2-4-9)12(19)10-7-8(13(15,16)17)5-6-11(10)14/h5-7,9H,2-4H2,1H3. The van der Waals surface area contributed by atoms with Crippen molar-refractivity contribution in [3.05, 3.63) is 33.8 Å². The molecule has 0 aromatic heterocycles. The third kappa shape index (κ3) is 2.94. The number of hydrogen-bond acceptors (Lipinski definition) is 1. The van der Waals surface area contributed by atoms with Gasteiger partial charge in [0.25, 0.3) is 5.91 Å². The Morgan fingerprint density at radius 3 is 2.47 bits per heavy atom. The maximum Gasteiger partial charge on any atom is 0.416 e. The zero-order chi connectivity index (χ0) is 14.2. The van der Waals surface area contributed by atoms with E-state index in [1.165, 1.54) is 11.0 Å². The van der Waals surface area contributed by atoms with Gasteiger partial charge in [-0.1, -0.05) is 0 Å². The summed E-state index contributed by atoms with van der Waals surface area (Å²) < 4.78 is 38.4. The summed E-state index contributed by atoms with van der Waals surface area (Å²) in [5.74, 6) is -0.373. The average molecular weight is 336 g/mol. The molecule has 0 radical (unpaired) electrons. The molecule has 0 N–H and O–H groups in total. The van der Waals surface area contributed by atoms with Gasteiger partial charge in [-0.2, -0.15) is 13.2 Å². The second-order valence-electron chi connectivity index (χ2n) is 4.69. The molecule has 104 valence electrons. The number of rotatable bonds is 2. The lowest BCUT2D eigenvalue weighted by Gasteiger charge is -2.35. The Bertz CT molecular complexity index is 497. The quantitative estimate of drug-likeness (QED) is 0.797. The number of carbonyl (C=O) groups excluding carboxylic acids is 1. The van der Waals surface area contributed by atoms with Crippen LogP contribution >= 0.6 is 15.9 Å². The van der Waals surface area contributed by atoms with Gasteiger partial charge in [0.2, 0.25) is 0 Å². The van der Waals surface area contributed by atoms with Crippen molar-refractivity contribution < 1.29 is 18.0 Å². The molecule has 1 fully saturated rings. The van der Waals surface area contributed by atoms with Crippen molar-refractivity contribution in [2.75, 3.05) is 7.05 Å². The summed E-state index contributed by atoms with van der Waals surface area (Å²) in [6.07, 6.45) is -1.55. The van der Waals surface area contributed by atoms with Crippen LogP contribution in [-0.4, -0.2) is 23.9 Å².